The first kappa shape index (κ1) is 23.8. The molecule has 0 radical (unpaired) electrons. The van der Waals surface area contributed by atoms with E-state index in [9.17, 15) is 19.5 Å². The number of benzene rings is 1. The normalized spacial score (nSPS) is 17.7. The largest absolute Gasteiger partial charge is 0.494 e. The zero-order chi connectivity index (χ0) is 24.1. The third-order valence-electron chi connectivity index (χ3n) is 6.73. The lowest BCUT2D eigenvalue weighted by molar-refractivity contribution is -0.138. The van der Waals surface area contributed by atoms with E-state index in [4.69, 9.17) is 4.84 Å². The van der Waals surface area contributed by atoms with Crippen LogP contribution in [0.4, 0.5) is 11.4 Å². The molecule has 0 saturated heterocycles. The van der Waals surface area contributed by atoms with E-state index >= 15 is 0 Å². The molecule has 0 aliphatic heterocycles. The summed E-state index contributed by atoms with van der Waals surface area (Å²) in [7, 11) is 0. The minimum absolute atomic E-state index is 0.0397. The average Bonchev–Trinajstić information content (AvgIpc) is 2.84. The van der Waals surface area contributed by atoms with E-state index in [2.05, 4.69) is 10.5 Å². The molecule has 1 aromatic carbocycles. The lowest BCUT2D eigenvalue weighted by atomic mass is 9.94. The highest BCUT2D eigenvalue weighted by atomic mass is 16.7. The number of hydrogen-bond donors (Lipinski definition) is 2. The highest BCUT2D eigenvalue weighted by Crippen LogP contribution is 2.31. The Kier molecular flexibility index (Phi) is 7.49. The molecule has 0 unspecified atom stereocenters. The van der Waals surface area contributed by atoms with E-state index in [1.165, 1.54) is 22.3 Å². The van der Waals surface area contributed by atoms with Gasteiger partial charge in [-0.1, -0.05) is 38.5 Å². The van der Waals surface area contributed by atoms with Crippen LogP contribution in [-0.2, 0) is 9.63 Å². The summed E-state index contributed by atoms with van der Waals surface area (Å²) in [6, 6.07) is 6.47. The van der Waals surface area contributed by atoms with Gasteiger partial charge in [0.2, 0.25) is 5.88 Å². The van der Waals surface area contributed by atoms with Crippen LogP contribution in [0.5, 0.6) is 5.88 Å². The molecule has 2 saturated carbocycles. The Morgan fingerprint density at radius 3 is 2.09 bits per heavy atom. The SMILES string of the molecule is CC(=O)ONc1ccc(N=Cc2c(O)n(C3CCCCC3)c(=O)n(C3CCCCC3)c2=O)cc1. The van der Waals surface area contributed by atoms with Crippen molar-refractivity contribution in [3.05, 3.63) is 50.7 Å². The van der Waals surface area contributed by atoms with E-state index < -0.39 is 17.2 Å². The fraction of sp³-hybridized carbons (Fsp3) is 0.520. The first-order chi connectivity index (χ1) is 16.5. The zero-order valence-electron chi connectivity index (χ0n) is 19.5. The molecule has 0 bridgehead atoms. The Morgan fingerprint density at radius 2 is 1.53 bits per heavy atom. The van der Waals surface area contributed by atoms with Gasteiger partial charge < -0.3 is 9.94 Å². The van der Waals surface area contributed by atoms with Crippen LogP contribution in [0.2, 0.25) is 0 Å². The maximum Gasteiger partial charge on any atom is 0.334 e. The molecular weight excluding hydrogens is 436 g/mol. The molecule has 182 valence electrons. The topological polar surface area (TPSA) is 115 Å². The lowest BCUT2D eigenvalue weighted by Gasteiger charge is -2.29. The second-order valence-corrected chi connectivity index (χ2v) is 9.15. The molecule has 0 atom stereocenters. The van der Waals surface area contributed by atoms with Gasteiger partial charge in [0.05, 0.1) is 11.4 Å². The van der Waals surface area contributed by atoms with Gasteiger partial charge in [-0.2, -0.15) is 0 Å². The van der Waals surface area contributed by atoms with E-state index in [1.807, 2.05) is 0 Å². The number of aromatic hydroxyl groups is 1. The maximum absolute atomic E-state index is 13.5. The molecule has 2 aromatic rings. The predicted octanol–water partition coefficient (Wildman–Crippen LogP) is 4.37. The third-order valence-corrected chi connectivity index (χ3v) is 6.73. The quantitative estimate of drug-likeness (QED) is 0.481. The summed E-state index contributed by atoms with van der Waals surface area (Å²) in [5.74, 6) is -0.759. The summed E-state index contributed by atoms with van der Waals surface area (Å²) in [4.78, 5) is 46.9. The van der Waals surface area contributed by atoms with Crippen LogP contribution in [-0.4, -0.2) is 26.4 Å². The molecule has 2 aliphatic rings. The monoisotopic (exact) mass is 468 g/mol. The summed E-state index contributed by atoms with van der Waals surface area (Å²) in [5.41, 5.74) is 2.79. The van der Waals surface area contributed by atoms with Crippen molar-refractivity contribution in [2.45, 2.75) is 83.2 Å². The molecular formula is C25H32N4O5. The molecule has 9 heteroatoms. The van der Waals surface area contributed by atoms with Gasteiger partial charge in [-0.15, -0.1) is 0 Å². The Labute approximate surface area is 198 Å². The molecule has 9 nitrogen and oxygen atoms in total. The van der Waals surface area contributed by atoms with Gasteiger partial charge in [-0.05, 0) is 49.9 Å². The number of nitrogens with zero attached hydrogens (tertiary/aromatic N) is 3. The number of carbonyl (C=O) groups is 1. The van der Waals surface area contributed by atoms with Crippen molar-refractivity contribution in [3.63, 3.8) is 0 Å². The summed E-state index contributed by atoms with van der Waals surface area (Å²) in [6.45, 7) is 1.30. The van der Waals surface area contributed by atoms with Gasteiger partial charge >= 0.3 is 11.7 Å². The van der Waals surface area contributed by atoms with Crippen LogP contribution in [0.15, 0.2) is 38.8 Å². The van der Waals surface area contributed by atoms with E-state index in [1.54, 1.807) is 24.3 Å². The predicted molar refractivity (Wildman–Crippen MR) is 130 cm³/mol. The number of aliphatic imine (C=N–C) groups is 1. The number of nitrogens with one attached hydrogen (secondary N) is 1. The van der Waals surface area contributed by atoms with Crippen molar-refractivity contribution >= 4 is 23.6 Å². The van der Waals surface area contributed by atoms with Gasteiger partial charge in [-0.3, -0.25) is 23.7 Å². The van der Waals surface area contributed by atoms with Crippen LogP contribution in [0, 0.1) is 0 Å². The number of anilines is 1. The zero-order valence-corrected chi connectivity index (χ0v) is 19.5. The van der Waals surface area contributed by atoms with Crippen molar-refractivity contribution in [2.75, 3.05) is 5.48 Å². The Morgan fingerprint density at radius 1 is 0.971 bits per heavy atom. The molecule has 4 rings (SSSR count). The molecule has 2 fully saturated rings. The van der Waals surface area contributed by atoms with Crippen LogP contribution in [0.25, 0.3) is 0 Å². The summed E-state index contributed by atoms with van der Waals surface area (Å²) < 4.78 is 2.80. The van der Waals surface area contributed by atoms with Gasteiger partial charge in [0.25, 0.3) is 5.56 Å². The fourth-order valence-corrected chi connectivity index (χ4v) is 4.98. The first-order valence-corrected chi connectivity index (χ1v) is 12.1. The van der Waals surface area contributed by atoms with Crippen molar-refractivity contribution < 1.29 is 14.7 Å². The second kappa shape index (κ2) is 10.7. The number of hydrogen-bond acceptors (Lipinski definition) is 7. The van der Waals surface area contributed by atoms with Gasteiger partial charge in [0, 0.05) is 25.2 Å². The van der Waals surface area contributed by atoms with Crippen molar-refractivity contribution in [2.24, 2.45) is 4.99 Å². The van der Waals surface area contributed by atoms with E-state index in [-0.39, 0.29) is 23.5 Å². The van der Waals surface area contributed by atoms with E-state index in [0.717, 1.165) is 64.2 Å². The Bertz CT molecular complexity index is 1150. The van der Waals surface area contributed by atoms with E-state index in [0.29, 0.717) is 11.4 Å². The maximum atomic E-state index is 13.5. The average molecular weight is 469 g/mol. The smallest absolute Gasteiger partial charge is 0.334 e. The number of carbonyl (C=O) groups excluding carboxylic acids is 1. The van der Waals surface area contributed by atoms with Gasteiger partial charge in [0.1, 0.15) is 5.56 Å². The van der Waals surface area contributed by atoms with Gasteiger partial charge in [0.15, 0.2) is 0 Å². The molecule has 2 N–H and O–H groups in total. The van der Waals surface area contributed by atoms with Crippen LogP contribution in [0.3, 0.4) is 0 Å². The minimum Gasteiger partial charge on any atom is -0.494 e. The molecule has 0 amide bonds. The number of rotatable bonds is 6. The fourth-order valence-electron chi connectivity index (χ4n) is 4.98. The molecule has 0 spiro atoms. The summed E-state index contributed by atoms with van der Waals surface area (Å²) in [6.07, 6.45) is 10.7. The molecule has 2 aliphatic carbocycles. The highest BCUT2D eigenvalue weighted by molar-refractivity contribution is 5.84. The highest BCUT2D eigenvalue weighted by Gasteiger charge is 2.28. The van der Waals surface area contributed by atoms with Crippen LogP contribution in [0.1, 0.15) is 88.8 Å². The Balaban J connectivity index is 1.71. The van der Waals surface area contributed by atoms with Crippen molar-refractivity contribution in [1.82, 2.24) is 9.13 Å². The number of aromatic nitrogens is 2. The molecule has 1 aromatic heterocycles. The van der Waals surface area contributed by atoms with Crippen LogP contribution < -0.4 is 16.7 Å². The second-order valence-electron chi connectivity index (χ2n) is 9.15. The lowest BCUT2D eigenvalue weighted by Crippen LogP contribution is -2.45. The Hall–Kier alpha value is -3.36. The van der Waals surface area contributed by atoms with Crippen LogP contribution >= 0.6 is 0 Å². The third kappa shape index (κ3) is 5.24. The summed E-state index contributed by atoms with van der Waals surface area (Å²) in [5, 5.41) is 11.1. The standard InChI is InChI=1S/C25H32N4O5/c1-17(30)34-27-19-14-12-18(13-15-19)26-16-22-23(31)28(20-8-4-2-5-9-20)25(33)29(24(22)32)21-10-6-3-7-11-21/h12-16,20-21,27,31H,2-11H2,1H3. The van der Waals surface area contributed by atoms with Crippen molar-refractivity contribution in [1.29, 1.82) is 0 Å². The van der Waals surface area contributed by atoms with Gasteiger partial charge in [-0.25, -0.2) is 10.3 Å². The van der Waals surface area contributed by atoms with Crippen molar-refractivity contribution in [3.8, 4) is 5.88 Å². The summed E-state index contributed by atoms with van der Waals surface area (Å²) >= 11 is 0. The first-order valence-electron chi connectivity index (χ1n) is 12.1. The minimum atomic E-state index is -0.488. The molecule has 1 heterocycles. The molecule has 34 heavy (non-hydrogen) atoms.